The van der Waals surface area contributed by atoms with Crippen molar-refractivity contribution >= 4 is 50.7 Å². The molecule has 0 aliphatic carbocycles. The van der Waals surface area contributed by atoms with Gasteiger partial charge in [0, 0.05) is 23.1 Å². The van der Waals surface area contributed by atoms with E-state index in [1.54, 1.807) is 42.5 Å². The predicted molar refractivity (Wildman–Crippen MR) is 166 cm³/mol. The zero-order valence-corrected chi connectivity index (χ0v) is 26.4. The molecular weight excluding hydrogens is 581 g/mol. The summed E-state index contributed by atoms with van der Waals surface area (Å²) in [4.78, 5) is 28.8. The maximum absolute atomic E-state index is 14.1. The Kier molecular flexibility index (Phi) is 11.2. The highest BCUT2D eigenvalue weighted by atomic mass is 35.5. The first-order chi connectivity index (χ1) is 19.4. The average Bonchev–Trinajstić information content (AvgIpc) is 2.93. The molecule has 220 valence electrons. The number of anilines is 1. The molecule has 0 saturated carbocycles. The van der Waals surface area contributed by atoms with Crippen molar-refractivity contribution in [3.8, 4) is 0 Å². The van der Waals surface area contributed by atoms with Crippen molar-refractivity contribution in [3.63, 3.8) is 0 Å². The number of aryl methyl sites for hydroxylation is 3. The molecule has 0 bridgehead atoms. The van der Waals surface area contributed by atoms with E-state index in [2.05, 4.69) is 5.32 Å². The quantitative estimate of drug-likeness (QED) is 0.253. The molecular formula is C31H37Cl2N3O4S. The van der Waals surface area contributed by atoms with Crippen LogP contribution in [0.2, 0.25) is 10.0 Å². The number of amides is 2. The number of rotatable bonds is 12. The van der Waals surface area contributed by atoms with Crippen molar-refractivity contribution in [2.45, 2.75) is 64.9 Å². The van der Waals surface area contributed by atoms with Crippen LogP contribution in [0.15, 0.2) is 65.6 Å². The van der Waals surface area contributed by atoms with E-state index in [-0.39, 0.29) is 17.3 Å². The largest absolute Gasteiger partial charge is 0.354 e. The van der Waals surface area contributed by atoms with Gasteiger partial charge in [0.2, 0.25) is 11.8 Å². The summed E-state index contributed by atoms with van der Waals surface area (Å²) in [6.45, 7) is 9.38. The second kappa shape index (κ2) is 14.2. The third kappa shape index (κ3) is 8.03. The van der Waals surface area contributed by atoms with Gasteiger partial charge in [-0.15, -0.1) is 0 Å². The maximum Gasteiger partial charge on any atom is 0.264 e. The topological polar surface area (TPSA) is 86.8 Å². The summed E-state index contributed by atoms with van der Waals surface area (Å²) < 4.78 is 29.1. The van der Waals surface area contributed by atoms with Crippen LogP contribution < -0.4 is 9.62 Å². The Labute approximate surface area is 253 Å². The van der Waals surface area contributed by atoms with Crippen molar-refractivity contribution < 1.29 is 18.0 Å². The number of carbonyl (C=O) groups is 2. The maximum atomic E-state index is 14.1. The summed E-state index contributed by atoms with van der Waals surface area (Å²) in [5.41, 5.74) is 3.73. The van der Waals surface area contributed by atoms with E-state index < -0.39 is 28.5 Å². The number of nitrogens with one attached hydrogen (secondary N) is 1. The number of benzene rings is 3. The molecule has 1 atom stereocenters. The minimum absolute atomic E-state index is 0.00175. The van der Waals surface area contributed by atoms with Gasteiger partial charge in [-0.1, -0.05) is 66.9 Å². The number of carbonyl (C=O) groups excluding carboxylic acids is 2. The van der Waals surface area contributed by atoms with E-state index in [1.807, 2.05) is 40.7 Å². The highest BCUT2D eigenvalue weighted by Gasteiger charge is 2.34. The Bertz CT molecular complexity index is 1490. The first kappa shape index (κ1) is 32.4. The van der Waals surface area contributed by atoms with Crippen LogP contribution in [-0.4, -0.2) is 44.3 Å². The van der Waals surface area contributed by atoms with Gasteiger partial charge in [-0.25, -0.2) is 8.42 Å². The third-order valence-electron chi connectivity index (χ3n) is 6.96. The van der Waals surface area contributed by atoms with E-state index in [1.165, 1.54) is 17.0 Å². The Morgan fingerprint density at radius 3 is 2.17 bits per heavy atom. The van der Waals surface area contributed by atoms with Gasteiger partial charge in [0.15, 0.2) is 0 Å². The fraction of sp³-hybridized carbons (Fsp3) is 0.355. The van der Waals surface area contributed by atoms with Gasteiger partial charge in [0.05, 0.1) is 10.6 Å². The smallest absolute Gasteiger partial charge is 0.264 e. The zero-order chi connectivity index (χ0) is 30.3. The Morgan fingerprint density at radius 2 is 1.59 bits per heavy atom. The van der Waals surface area contributed by atoms with Crippen LogP contribution in [0, 0.1) is 20.8 Å². The lowest BCUT2D eigenvalue weighted by Gasteiger charge is -2.33. The lowest BCUT2D eigenvalue weighted by Crippen LogP contribution is -2.52. The molecule has 41 heavy (non-hydrogen) atoms. The van der Waals surface area contributed by atoms with Gasteiger partial charge >= 0.3 is 0 Å². The lowest BCUT2D eigenvalue weighted by atomic mass is 10.1. The van der Waals surface area contributed by atoms with Crippen molar-refractivity contribution in [1.82, 2.24) is 10.2 Å². The van der Waals surface area contributed by atoms with Gasteiger partial charge < -0.3 is 10.2 Å². The Hall–Kier alpha value is -3.07. The standard InChI is InChI=1S/C31H37Cl2N3O4S/c1-6-16-34-31(38)29(7-2)35(19-24-11-12-25(32)18-28(24)33)30(37)20-36(26-13-10-22(4)23(5)17-26)41(39,40)27-14-8-21(3)9-15-27/h8-15,17-18,29H,6-7,16,19-20H2,1-5H3,(H,34,38)/t29-/m1/s1. The summed E-state index contributed by atoms with van der Waals surface area (Å²) in [6, 6.07) is 15.8. The van der Waals surface area contributed by atoms with Crippen LogP contribution in [0.5, 0.6) is 0 Å². The highest BCUT2D eigenvalue weighted by molar-refractivity contribution is 7.92. The molecule has 2 amide bonds. The molecule has 3 aromatic rings. The van der Waals surface area contributed by atoms with Gasteiger partial charge in [-0.3, -0.25) is 13.9 Å². The highest BCUT2D eigenvalue weighted by Crippen LogP contribution is 2.28. The molecule has 1 N–H and O–H groups in total. The third-order valence-corrected chi connectivity index (χ3v) is 9.33. The summed E-state index contributed by atoms with van der Waals surface area (Å²) in [7, 11) is -4.14. The first-order valence-electron chi connectivity index (χ1n) is 13.6. The fourth-order valence-electron chi connectivity index (χ4n) is 4.37. The number of hydrogen-bond donors (Lipinski definition) is 1. The fourth-order valence-corrected chi connectivity index (χ4v) is 6.24. The van der Waals surface area contributed by atoms with E-state index >= 15 is 0 Å². The molecule has 0 saturated heterocycles. The number of halogens is 2. The Balaban J connectivity index is 2.10. The molecule has 10 heteroatoms. The number of sulfonamides is 1. The van der Waals surface area contributed by atoms with Crippen LogP contribution in [0.25, 0.3) is 0 Å². The van der Waals surface area contributed by atoms with Crippen LogP contribution in [0.4, 0.5) is 5.69 Å². The van der Waals surface area contributed by atoms with Gasteiger partial charge in [0.25, 0.3) is 10.0 Å². The minimum Gasteiger partial charge on any atom is -0.354 e. The monoisotopic (exact) mass is 617 g/mol. The first-order valence-corrected chi connectivity index (χ1v) is 15.8. The van der Waals surface area contributed by atoms with Crippen LogP contribution in [-0.2, 0) is 26.2 Å². The van der Waals surface area contributed by atoms with Crippen molar-refractivity contribution in [2.75, 3.05) is 17.4 Å². The molecule has 3 rings (SSSR count). The number of nitrogens with zero attached hydrogens (tertiary/aromatic N) is 2. The lowest BCUT2D eigenvalue weighted by molar-refractivity contribution is -0.140. The minimum atomic E-state index is -4.14. The average molecular weight is 619 g/mol. The van der Waals surface area contributed by atoms with Crippen LogP contribution in [0.3, 0.4) is 0 Å². The van der Waals surface area contributed by atoms with E-state index in [0.717, 1.165) is 27.4 Å². The van der Waals surface area contributed by atoms with Gasteiger partial charge in [-0.2, -0.15) is 0 Å². The Morgan fingerprint density at radius 1 is 0.902 bits per heavy atom. The number of hydrogen-bond acceptors (Lipinski definition) is 4. The zero-order valence-electron chi connectivity index (χ0n) is 24.1. The summed E-state index contributed by atoms with van der Waals surface area (Å²) in [5.74, 6) is -0.852. The normalized spacial score (nSPS) is 12.1. The van der Waals surface area contributed by atoms with E-state index in [9.17, 15) is 18.0 Å². The summed E-state index contributed by atoms with van der Waals surface area (Å²) >= 11 is 12.5. The predicted octanol–water partition coefficient (Wildman–Crippen LogP) is 6.45. The molecule has 7 nitrogen and oxygen atoms in total. The second-order valence-electron chi connectivity index (χ2n) is 10.1. The van der Waals surface area contributed by atoms with Crippen molar-refractivity contribution in [2.24, 2.45) is 0 Å². The molecule has 0 fully saturated rings. The van der Waals surface area contributed by atoms with Crippen LogP contribution >= 0.6 is 23.2 Å². The molecule has 0 heterocycles. The molecule has 0 aliphatic heterocycles. The van der Waals surface area contributed by atoms with Crippen LogP contribution in [0.1, 0.15) is 48.9 Å². The second-order valence-corrected chi connectivity index (χ2v) is 12.8. The van der Waals surface area contributed by atoms with Gasteiger partial charge in [-0.05, 0) is 86.7 Å². The molecule has 0 aromatic heterocycles. The van der Waals surface area contributed by atoms with Crippen molar-refractivity contribution in [3.05, 3.63) is 93.0 Å². The van der Waals surface area contributed by atoms with Crippen molar-refractivity contribution in [1.29, 1.82) is 0 Å². The molecule has 0 spiro atoms. The van der Waals surface area contributed by atoms with E-state index in [4.69, 9.17) is 23.2 Å². The van der Waals surface area contributed by atoms with Gasteiger partial charge in [0.1, 0.15) is 12.6 Å². The molecule has 0 unspecified atom stereocenters. The molecule has 0 aliphatic rings. The SMILES string of the molecule is CCCNC(=O)[C@@H](CC)N(Cc1ccc(Cl)cc1Cl)C(=O)CN(c1ccc(C)c(C)c1)S(=O)(=O)c1ccc(C)cc1. The molecule has 3 aromatic carbocycles. The van der Waals surface area contributed by atoms with E-state index in [0.29, 0.717) is 34.3 Å². The summed E-state index contributed by atoms with van der Waals surface area (Å²) in [6.07, 6.45) is 1.05. The molecule has 0 radical (unpaired) electrons. The summed E-state index contributed by atoms with van der Waals surface area (Å²) in [5, 5.41) is 3.65.